The van der Waals surface area contributed by atoms with Gasteiger partial charge in [-0.05, 0) is 12.3 Å². The van der Waals surface area contributed by atoms with Crippen molar-refractivity contribution in [1.82, 2.24) is 14.9 Å². The summed E-state index contributed by atoms with van der Waals surface area (Å²) in [6.45, 7) is 4.26. The molecule has 0 aliphatic heterocycles. The molecule has 1 N–H and O–H groups in total. The van der Waals surface area contributed by atoms with Gasteiger partial charge in [0.05, 0.1) is 6.33 Å². The van der Waals surface area contributed by atoms with E-state index in [2.05, 4.69) is 39.1 Å². The third-order valence-electron chi connectivity index (χ3n) is 2.81. The minimum Gasteiger partial charge on any atom is -0.364 e. The fraction of sp³-hybridized carbons (Fsp3) is 0.214. The molecule has 98 valence electrons. The number of benzene rings is 1. The molecule has 1 heterocycles. The van der Waals surface area contributed by atoms with Crippen molar-refractivity contribution in [3.63, 3.8) is 0 Å². The minimum absolute atomic E-state index is 0.695. The smallest absolute Gasteiger partial charge is 0.162 e. The molecule has 0 fully saturated rings. The van der Waals surface area contributed by atoms with E-state index >= 15 is 0 Å². The van der Waals surface area contributed by atoms with Crippen LogP contribution in [-0.4, -0.2) is 29.2 Å². The Labute approximate surface area is 112 Å². The maximum absolute atomic E-state index is 4.31. The molecular formula is C14H17N5. The second-order valence-electron chi connectivity index (χ2n) is 4.10. The first-order valence-electron chi connectivity index (χ1n) is 5.99. The molecule has 0 aliphatic rings. The van der Waals surface area contributed by atoms with Crippen LogP contribution in [0.2, 0.25) is 0 Å². The van der Waals surface area contributed by atoms with Crippen LogP contribution in [0.15, 0.2) is 46.6 Å². The second kappa shape index (κ2) is 5.95. The van der Waals surface area contributed by atoms with E-state index in [1.165, 1.54) is 5.56 Å². The molecule has 2 aromatic rings. The van der Waals surface area contributed by atoms with Crippen LogP contribution in [0, 0.1) is 0 Å². The van der Waals surface area contributed by atoms with Crippen LogP contribution in [0.4, 0.5) is 5.82 Å². The zero-order valence-corrected chi connectivity index (χ0v) is 11.2. The van der Waals surface area contributed by atoms with Crippen LogP contribution in [0.1, 0.15) is 11.3 Å². The summed E-state index contributed by atoms with van der Waals surface area (Å²) in [4.78, 5) is 12.5. The Balaban J connectivity index is 2.15. The highest BCUT2D eigenvalue weighted by Crippen LogP contribution is 2.16. The van der Waals surface area contributed by atoms with Gasteiger partial charge in [0.25, 0.3) is 0 Å². The van der Waals surface area contributed by atoms with Crippen molar-refractivity contribution >= 4 is 18.4 Å². The molecule has 0 unspecified atom stereocenters. The lowest BCUT2D eigenvalue weighted by atomic mass is 10.2. The average molecular weight is 255 g/mol. The van der Waals surface area contributed by atoms with Crippen molar-refractivity contribution in [2.75, 3.05) is 7.05 Å². The number of nitrogens with one attached hydrogen (secondary N) is 1. The average Bonchev–Trinajstić information content (AvgIpc) is 2.82. The highest BCUT2D eigenvalue weighted by Gasteiger charge is 2.13. The Kier molecular flexibility index (Phi) is 4.07. The van der Waals surface area contributed by atoms with Crippen molar-refractivity contribution in [2.24, 2.45) is 17.0 Å². The first-order chi connectivity index (χ1) is 9.26. The third-order valence-corrected chi connectivity index (χ3v) is 2.81. The lowest BCUT2D eigenvalue weighted by Crippen LogP contribution is -2.24. The zero-order chi connectivity index (χ0) is 13.7. The fourth-order valence-electron chi connectivity index (χ4n) is 1.83. The van der Waals surface area contributed by atoms with Crippen molar-refractivity contribution < 1.29 is 0 Å². The number of nitrogens with zero attached hydrogens (tertiary/aromatic N) is 4. The van der Waals surface area contributed by atoms with Crippen molar-refractivity contribution in [2.45, 2.75) is 6.54 Å². The van der Waals surface area contributed by atoms with E-state index in [0.29, 0.717) is 18.2 Å². The van der Waals surface area contributed by atoms with Crippen LogP contribution >= 0.6 is 0 Å². The number of hydrogen-bond acceptors (Lipinski definition) is 3. The molecule has 5 nitrogen and oxygen atoms in total. The van der Waals surface area contributed by atoms with Gasteiger partial charge in [0, 0.05) is 20.6 Å². The Hall–Kier alpha value is -2.43. The van der Waals surface area contributed by atoms with Crippen molar-refractivity contribution in [1.29, 1.82) is 0 Å². The Morgan fingerprint density at radius 2 is 2.11 bits per heavy atom. The Morgan fingerprint density at radius 1 is 1.37 bits per heavy atom. The minimum atomic E-state index is 0.695. The van der Waals surface area contributed by atoms with Crippen LogP contribution in [0.3, 0.4) is 0 Å². The topological polar surface area (TPSA) is 54.6 Å². The van der Waals surface area contributed by atoms with Gasteiger partial charge in [-0.1, -0.05) is 30.3 Å². The summed E-state index contributed by atoms with van der Waals surface area (Å²) < 4.78 is 1.82. The molecule has 0 atom stereocenters. The van der Waals surface area contributed by atoms with E-state index < -0.39 is 0 Å². The largest absolute Gasteiger partial charge is 0.364 e. The van der Waals surface area contributed by atoms with Gasteiger partial charge in [0.15, 0.2) is 11.7 Å². The van der Waals surface area contributed by atoms with Gasteiger partial charge in [-0.3, -0.25) is 4.99 Å². The summed E-state index contributed by atoms with van der Waals surface area (Å²) in [5.74, 6) is 1.42. The molecule has 5 heteroatoms. The van der Waals surface area contributed by atoms with E-state index in [4.69, 9.17) is 0 Å². The number of aliphatic imine (C=N–C) groups is 2. The van der Waals surface area contributed by atoms with E-state index in [-0.39, 0.29) is 0 Å². The quantitative estimate of drug-likeness (QED) is 0.670. The Morgan fingerprint density at radius 3 is 2.74 bits per heavy atom. The molecule has 0 aliphatic carbocycles. The Bertz CT molecular complexity index is 583. The van der Waals surface area contributed by atoms with Crippen LogP contribution in [0.5, 0.6) is 0 Å². The second-order valence-corrected chi connectivity index (χ2v) is 4.10. The molecule has 2 rings (SSSR count). The van der Waals surface area contributed by atoms with Crippen molar-refractivity contribution in [3.8, 4) is 0 Å². The maximum atomic E-state index is 4.31. The monoisotopic (exact) mass is 255 g/mol. The van der Waals surface area contributed by atoms with Crippen LogP contribution in [-0.2, 0) is 13.6 Å². The zero-order valence-electron chi connectivity index (χ0n) is 11.2. The van der Waals surface area contributed by atoms with Crippen LogP contribution < -0.4 is 5.32 Å². The van der Waals surface area contributed by atoms with E-state index in [9.17, 15) is 0 Å². The van der Waals surface area contributed by atoms with Gasteiger partial charge < -0.3 is 9.88 Å². The van der Waals surface area contributed by atoms with Crippen molar-refractivity contribution in [3.05, 3.63) is 47.9 Å². The molecule has 19 heavy (non-hydrogen) atoms. The lowest BCUT2D eigenvalue weighted by Gasteiger charge is -2.08. The SMILES string of the molecule is C=Nc1c(/C(=N\C)NCc2ccccc2)ncn1C. The number of aromatic nitrogens is 2. The highest BCUT2D eigenvalue weighted by molar-refractivity contribution is 6.00. The summed E-state index contributed by atoms with van der Waals surface area (Å²) in [5.41, 5.74) is 1.91. The van der Waals surface area contributed by atoms with Gasteiger partial charge in [0.1, 0.15) is 5.69 Å². The molecule has 0 saturated carbocycles. The first kappa shape index (κ1) is 13.0. The van der Waals surface area contributed by atoms with Crippen LogP contribution in [0.25, 0.3) is 0 Å². The normalized spacial score (nSPS) is 11.4. The summed E-state index contributed by atoms with van der Waals surface area (Å²) in [6.07, 6.45) is 1.70. The van der Waals surface area contributed by atoms with Gasteiger partial charge in [0.2, 0.25) is 0 Å². The fourth-order valence-corrected chi connectivity index (χ4v) is 1.83. The molecular weight excluding hydrogens is 238 g/mol. The number of imidazole rings is 1. The number of hydrogen-bond donors (Lipinski definition) is 1. The summed E-state index contributed by atoms with van der Waals surface area (Å²) in [7, 11) is 3.61. The molecule has 0 spiro atoms. The van der Waals surface area contributed by atoms with Gasteiger partial charge >= 0.3 is 0 Å². The highest BCUT2D eigenvalue weighted by atomic mass is 15.1. The standard InChI is InChI=1S/C14H17N5/c1-15-13(12-14(16-2)19(3)10-18-12)17-9-11-7-5-4-6-8-11/h4-8,10H,2,9H2,1,3H3,(H,15,17). The summed E-state index contributed by atoms with van der Waals surface area (Å²) in [5, 5.41) is 3.28. The molecule has 0 saturated heterocycles. The predicted octanol–water partition coefficient (Wildman–Crippen LogP) is 1.92. The van der Waals surface area contributed by atoms with E-state index in [1.807, 2.05) is 29.8 Å². The van der Waals surface area contributed by atoms with Gasteiger partial charge in [-0.15, -0.1) is 0 Å². The molecule has 1 aromatic heterocycles. The van der Waals surface area contributed by atoms with E-state index in [1.54, 1.807) is 13.4 Å². The number of aryl methyl sites for hydroxylation is 1. The summed E-state index contributed by atoms with van der Waals surface area (Å²) in [6, 6.07) is 10.1. The lowest BCUT2D eigenvalue weighted by molar-refractivity contribution is 0.904. The molecule has 0 bridgehead atoms. The number of rotatable bonds is 4. The van der Waals surface area contributed by atoms with Gasteiger partial charge in [-0.25, -0.2) is 9.98 Å². The third kappa shape index (κ3) is 2.88. The first-order valence-corrected chi connectivity index (χ1v) is 5.99. The molecule has 0 amide bonds. The molecule has 1 aromatic carbocycles. The van der Waals surface area contributed by atoms with Gasteiger partial charge in [-0.2, -0.15) is 0 Å². The van der Waals surface area contributed by atoms with E-state index in [0.717, 1.165) is 5.69 Å². The predicted molar refractivity (Wildman–Crippen MR) is 78.2 cm³/mol. The number of amidine groups is 1. The maximum Gasteiger partial charge on any atom is 0.162 e. The summed E-state index contributed by atoms with van der Waals surface area (Å²) >= 11 is 0. The molecule has 0 radical (unpaired) electrons.